The summed E-state index contributed by atoms with van der Waals surface area (Å²) >= 11 is 8.02. The highest BCUT2D eigenvalue weighted by molar-refractivity contribution is 7.26. The van der Waals surface area contributed by atoms with Crippen molar-refractivity contribution >= 4 is 53.9 Å². The lowest BCUT2D eigenvalue weighted by atomic mass is 9.90. The summed E-state index contributed by atoms with van der Waals surface area (Å²) in [7, 11) is 0. The van der Waals surface area contributed by atoms with Crippen molar-refractivity contribution in [3.8, 4) is 22.3 Å². The quantitative estimate of drug-likeness (QED) is 0.262. The molecule has 0 aliphatic heterocycles. The van der Waals surface area contributed by atoms with E-state index in [-0.39, 0.29) is 0 Å². The van der Waals surface area contributed by atoms with E-state index < -0.39 is 0 Å². The molecule has 0 aliphatic rings. The standard InChI is InChI=1S/C28H17ClS/c29-20-15-13-18(14-16-20)21-10-6-11-22-24(21)17-26-28(23-9-4-5-12-25(23)30-26)27(22)19-7-2-1-3-8-19/h1-17H. The summed E-state index contributed by atoms with van der Waals surface area (Å²) < 4.78 is 2.65. The summed E-state index contributed by atoms with van der Waals surface area (Å²) in [4.78, 5) is 0. The number of thiophene rings is 1. The molecule has 0 amide bonds. The van der Waals surface area contributed by atoms with E-state index >= 15 is 0 Å². The van der Waals surface area contributed by atoms with Crippen LogP contribution in [0.1, 0.15) is 0 Å². The molecular weight excluding hydrogens is 404 g/mol. The van der Waals surface area contributed by atoms with E-state index in [1.165, 1.54) is 53.2 Å². The summed E-state index contributed by atoms with van der Waals surface area (Å²) in [6, 6.07) is 36.6. The van der Waals surface area contributed by atoms with E-state index in [0.29, 0.717) is 0 Å². The van der Waals surface area contributed by atoms with Crippen molar-refractivity contribution in [2.24, 2.45) is 0 Å². The Hall–Kier alpha value is -3.13. The van der Waals surface area contributed by atoms with Gasteiger partial charge in [0.15, 0.2) is 0 Å². The van der Waals surface area contributed by atoms with Gasteiger partial charge in [0.2, 0.25) is 0 Å². The third-order valence-corrected chi connectivity index (χ3v) is 7.11. The van der Waals surface area contributed by atoms with Crippen LogP contribution in [-0.2, 0) is 0 Å². The van der Waals surface area contributed by atoms with Gasteiger partial charge in [-0.2, -0.15) is 0 Å². The SMILES string of the molecule is Clc1ccc(-c2cccc3c(-c4ccccc4)c4c(cc23)sc2ccccc24)cc1. The predicted octanol–water partition coefficient (Wildman–Crippen LogP) is 9.20. The fourth-order valence-electron chi connectivity index (χ4n) is 4.41. The topological polar surface area (TPSA) is 0 Å². The molecule has 0 aliphatic carbocycles. The number of benzene rings is 5. The predicted molar refractivity (Wildman–Crippen MR) is 133 cm³/mol. The third kappa shape index (κ3) is 2.74. The lowest BCUT2D eigenvalue weighted by Crippen LogP contribution is -1.87. The molecule has 0 unspecified atom stereocenters. The molecule has 142 valence electrons. The van der Waals surface area contributed by atoms with Crippen molar-refractivity contribution in [1.82, 2.24) is 0 Å². The van der Waals surface area contributed by atoms with Crippen molar-refractivity contribution < 1.29 is 0 Å². The highest BCUT2D eigenvalue weighted by Crippen LogP contribution is 2.46. The Labute approximate surface area is 184 Å². The monoisotopic (exact) mass is 420 g/mol. The van der Waals surface area contributed by atoms with Gasteiger partial charge in [-0.15, -0.1) is 11.3 Å². The van der Waals surface area contributed by atoms with Crippen LogP contribution in [0.5, 0.6) is 0 Å². The van der Waals surface area contributed by atoms with Crippen molar-refractivity contribution in [2.75, 3.05) is 0 Å². The summed E-state index contributed by atoms with van der Waals surface area (Å²) in [6.45, 7) is 0. The first-order valence-electron chi connectivity index (χ1n) is 9.98. The lowest BCUT2D eigenvalue weighted by Gasteiger charge is -2.14. The fourth-order valence-corrected chi connectivity index (χ4v) is 5.69. The van der Waals surface area contributed by atoms with Gasteiger partial charge in [-0.05, 0) is 57.3 Å². The van der Waals surface area contributed by atoms with Crippen LogP contribution in [0.4, 0.5) is 0 Å². The molecule has 0 N–H and O–H groups in total. The molecule has 0 spiro atoms. The van der Waals surface area contributed by atoms with Gasteiger partial charge in [-0.25, -0.2) is 0 Å². The van der Waals surface area contributed by atoms with Gasteiger partial charge in [-0.3, -0.25) is 0 Å². The Morgan fingerprint density at radius 3 is 2.10 bits per heavy atom. The average molecular weight is 421 g/mol. The molecule has 30 heavy (non-hydrogen) atoms. The van der Waals surface area contributed by atoms with Crippen molar-refractivity contribution in [1.29, 1.82) is 0 Å². The average Bonchev–Trinajstić information content (AvgIpc) is 3.16. The van der Waals surface area contributed by atoms with E-state index in [9.17, 15) is 0 Å². The summed E-state index contributed by atoms with van der Waals surface area (Å²) in [5, 5.41) is 6.00. The first-order valence-corrected chi connectivity index (χ1v) is 11.2. The van der Waals surface area contributed by atoms with Crippen LogP contribution in [0.3, 0.4) is 0 Å². The summed E-state index contributed by atoms with van der Waals surface area (Å²) in [6.07, 6.45) is 0. The number of halogens is 1. The highest BCUT2D eigenvalue weighted by atomic mass is 35.5. The zero-order valence-electron chi connectivity index (χ0n) is 16.1. The van der Waals surface area contributed by atoms with E-state index in [1.54, 1.807) is 0 Å². The Bertz CT molecular complexity index is 1530. The van der Waals surface area contributed by atoms with Gasteiger partial charge in [-0.1, -0.05) is 90.5 Å². The molecule has 0 nitrogen and oxygen atoms in total. The maximum absolute atomic E-state index is 6.15. The Morgan fingerprint density at radius 1 is 0.533 bits per heavy atom. The second-order valence-corrected chi connectivity index (χ2v) is 9.02. The van der Waals surface area contributed by atoms with Crippen LogP contribution >= 0.6 is 22.9 Å². The smallest absolute Gasteiger partial charge is 0.0406 e. The molecule has 5 aromatic carbocycles. The minimum atomic E-state index is 0.760. The Morgan fingerprint density at radius 2 is 1.27 bits per heavy atom. The van der Waals surface area contributed by atoms with E-state index in [4.69, 9.17) is 11.6 Å². The molecule has 1 aromatic heterocycles. The Balaban J connectivity index is 1.81. The first kappa shape index (κ1) is 17.7. The molecule has 0 bridgehead atoms. The van der Waals surface area contributed by atoms with Crippen molar-refractivity contribution in [3.63, 3.8) is 0 Å². The minimum Gasteiger partial charge on any atom is -0.135 e. The molecule has 6 rings (SSSR count). The number of fused-ring (bicyclic) bond motifs is 4. The van der Waals surface area contributed by atoms with Gasteiger partial charge in [0.1, 0.15) is 0 Å². The number of hydrogen-bond acceptors (Lipinski definition) is 1. The largest absolute Gasteiger partial charge is 0.135 e. The highest BCUT2D eigenvalue weighted by Gasteiger charge is 2.16. The van der Waals surface area contributed by atoms with Gasteiger partial charge in [0.05, 0.1) is 0 Å². The van der Waals surface area contributed by atoms with Crippen LogP contribution in [-0.4, -0.2) is 0 Å². The van der Waals surface area contributed by atoms with Crippen LogP contribution < -0.4 is 0 Å². The van der Waals surface area contributed by atoms with E-state index in [0.717, 1.165) is 5.02 Å². The zero-order chi connectivity index (χ0) is 20.1. The number of rotatable bonds is 2. The maximum Gasteiger partial charge on any atom is 0.0406 e. The normalized spacial score (nSPS) is 11.5. The number of hydrogen-bond donors (Lipinski definition) is 0. The summed E-state index contributed by atoms with van der Waals surface area (Å²) in [5.41, 5.74) is 4.99. The van der Waals surface area contributed by atoms with E-state index in [1.807, 2.05) is 23.5 Å². The second-order valence-electron chi connectivity index (χ2n) is 7.50. The lowest BCUT2D eigenvalue weighted by molar-refractivity contribution is 1.65. The van der Waals surface area contributed by atoms with Gasteiger partial charge in [0.25, 0.3) is 0 Å². The molecule has 0 saturated heterocycles. The van der Waals surface area contributed by atoms with Crippen LogP contribution in [0.25, 0.3) is 53.2 Å². The molecule has 0 radical (unpaired) electrons. The fraction of sp³-hybridized carbons (Fsp3) is 0. The van der Waals surface area contributed by atoms with Crippen LogP contribution in [0, 0.1) is 0 Å². The first-order chi connectivity index (χ1) is 14.8. The third-order valence-electron chi connectivity index (χ3n) is 5.74. The van der Waals surface area contributed by atoms with Crippen molar-refractivity contribution in [3.05, 3.63) is 108 Å². The molecule has 0 saturated carbocycles. The van der Waals surface area contributed by atoms with Gasteiger partial charge in [0, 0.05) is 25.2 Å². The molecule has 6 aromatic rings. The van der Waals surface area contributed by atoms with Crippen molar-refractivity contribution in [2.45, 2.75) is 0 Å². The maximum atomic E-state index is 6.15. The van der Waals surface area contributed by atoms with E-state index in [2.05, 4.69) is 91.0 Å². The Kier molecular flexibility index (Phi) is 4.12. The molecule has 2 heteroatoms. The van der Waals surface area contributed by atoms with Crippen LogP contribution in [0.15, 0.2) is 103 Å². The van der Waals surface area contributed by atoms with Crippen LogP contribution in [0.2, 0.25) is 5.02 Å². The molecule has 0 fully saturated rings. The molecular formula is C28H17ClS. The summed E-state index contributed by atoms with van der Waals surface area (Å²) in [5.74, 6) is 0. The minimum absolute atomic E-state index is 0.760. The molecule has 1 heterocycles. The second kappa shape index (κ2) is 6.98. The zero-order valence-corrected chi connectivity index (χ0v) is 17.7. The van der Waals surface area contributed by atoms with Gasteiger partial charge >= 0.3 is 0 Å². The molecule has 0 atom stereocenters. The van der Waals surface area contributed by atoms with Gasteiger partial charge < -0.3 is 0 Å².